The molecule has 4 N–H and O–H groups in total. The molecule has 0 aliphatic rings. The highest BCUT2D eigenvalue weighted by Crippen LogP contribution is 1.99. The maximum absolute atomic E-state index is 10.0. The summed E-state index contributed by atoms with van der Waals surface area (Å²) in [6, 6.07) is 0. The van der Waals surface area contributed by atoms with Crippen LogP contribution in [-0.4, -0.2) is 21.0 Å². The predicted octanol–water partition coefficient (Wildman–Crippen LogP) is 0.0897. The van der Waals surface area contributed by atoms with Gasteiger partial charge in [-0.3, -0.25) is 0 Å². The van der Waals surface area contributed by atoms with E-state index >= 15 is 0 Å². The van der Waals surface area contributed by atoms with Gasteiger partial charge in [-0.2, -0.15) is 0 Å². The number of carboxylic acid groups (broad SMARTS) is 1. The first-order valence-corrected chi connectivity index (χ1v) is 2.90. The molecular weight excluding hydrogens is 146 g/mol. The Bertz CT molecular complexity index is 290. The van der Waals surface area contributed by atoms with Gasteiger partial charge in [0.05, 0.1) is 11.9 Å². The number of rotatable bonds is 2. The molecular formula is C6H7N3O2. The molecule has 5 nitrogen and oxygen atoms in total. The highest BCUT2D eigenvalue weighted by molar-refractivity contribution is 5.84. The lowest BCUT2D eigenvalue weighted by Crippen LogP contribution is -1.87. The Labute approximate surface area is 62.6 Å². The zero-order valence-electron chi connectivity index (χ0n) is 5.61. The number of H-pyrrole nitrogens is 1. The van der Waals surface area contributed by atoms with Gasteiger partial charge >= 0.3 is 5.97 Å². The lowest BCUT2D eigenvalue weighted by atomic mass is 10.4. The van der Waals surface area contributed by atoms with Gasteiger partial charge in [0, 0.05) is 6.08 Å². The van der Waals surface area contributed by atoms with Crippen LogP contribution in [0.15, 0.2) is 12.3 Å². The van der Waals surface area contributed by atoms with Crippen molar-refractivity contribution >= 4 is 18.0 Å². The lowest BCUT2D eigenvalue weighted by Gasteiger charge is -1.81. The largest absolute Gasteiger partial charge is 0.478 e. The first kappa shape index (κ1) is 7.33. The Hall–Kier alpha value is -1.78. The van der Waals surface area contributed by atoms with Gasteiger partial charge in [-0.15, -0.1) is 0 Å². The number of carboxylic acids is 1. The zero-order valence-corrected chi connectivity index (χ0v) is 5.61. The Morgan fingerprint density at radius 1 is 1.82 bits per heavy atom. The number of imidazole rings is 1. The van der Waals surface area contributed by atoms with Crippen LogP contribution in [0, 0.1) is 0 Å². The number of anilines is 1. The normalized spacial score (nSPS) is 10.5. The van der Waals surface area contributed by atoms with Crippen LogP contribution in [-0.2, 0) is 4.79 Å². The van der Waals surface area contributed by atoms with Gasteiger partial charge in [-0.1, -0.05) is 0 Å². The van der Waals surface area contributed by atoms with Gasteiger partial charge in [-0.05, 0) is 6.08 Å². The van der Waals surface area contributed by atoms with E-state index in [4.69, 9.17) is 10.8 Å². The third kappa shape index (κ3) is 2.13. The van der Waals surface area contributed by atoms with Crippen molar-refractivity contribution in [2.24, 2.45) is 0 Å². The van der Waals surface area contributed by atoms with E-state index in [0.29, 0.717) is 5.69 Å². The quantitative estimate of drug-likeness (QED) is 0.525. The van der Waals surface area contributed by atoms with Crippen LogP contribution < -0.4 is 5.73 Å². The van der Waals surface area contributed by atoms with Crippen molar-refractivity contribution in [2.45, 2.75) is 0 Å². The van der Waals surface area contributed by atoms with Crippen molar-refractivity contribution in [3.8, 4) is 0 Å². The van der Waals surface area contributed by atoms with Gasteiger partial charge in [0.25, 0.3) is 0 Å². The number of aromatic nitrogens is 2. The van der Waals surface area contributed by atoms with Crippen LogP contribution in [0.2, 0.25) is 0 Å². The number of hydrogen-bond donors (Lipinski definition) is 3. The molecule has 0 atom stereocenters. The third-order valence-corrected chi connectivity index (χ3v) is 1.02. The summed E-state index contributed by atoms with van der Waals surface area (Å²) in [4.78, 5) is 16.3. The highest BCUT2D eigenvalue weighted by Gasteiger charge is 1.92. The second-order valence-corrected chi connectivity index (χ2v) is 1.90. The fourth-order valence-corrected chi connectivity index (χ4v) is 0.597. The first-order valence-electron chi connectivity index (χ1n) is 2.90. The fourth-order valence-electron chi connectivity index (χ4n) is 0.597. The molecule has 0 amide bonds. The standard InChI is InChI=1S/C6H7N3O2/c7-6-8-3-4(9-6)1-2-5(10)11/h1-3H,(H,10,11)(H3,7,8,9). The predicted molar refractivity (Wildman–Crippen MR) is 39.7 cm³/mol. The minimum absolute atomic E-state index is 0.273. The molecule has 11 heavy (non-hydrogen) atoms. The molecule has 0 fully saturated rings. The molecule has 0 aliphatic carbocycles. The monoisotopic (exact) mass is 153 g/mol. The van der Waals surface area contributed by atoms with Crippen molar-refractivity contribution in [3.05, 3.63) is 18.0 Å². The van der Waals surface area contributed by atoms with E-state index < -0.39 is 5.97 Å². The Morgan fingerprint density at radius 2 is 2.55 bits per heavy atom. The number of nitrogens with two attached hydrogens (primary N) is 1. The number of aromatic amines is 1. The summed E-state index contributed by atoms with van der Waals surface area (Å²) >= 11 is 0. The van der Waals surface area contributed by atoms with Crippen LogP contribution in [0.3, 0.4) is 0 Å². The second-order valence-electron chi connectivity index (χ2n) is 1.90. The molecule has 1 aromatic heterocycles. The smallest absolute Gasteiger partial charge is 0.328 e. The summed E-state index contributed by atoms with van der Waals surface area (Å²) in [5, 5.41) is 8.23. The highest BCUT2D eigenvalue weighted by atomic mass is 16.4. The van der Waals surface area contributed by atoms with E-state index in [1.165, 1.54) is 12.3 Å². The molecule has 58 valence electrons. The molecule has 5 heteroatoms. The van der Waals surface area contributed by atoms with E-state index in [1.807, 2.05) is 0 Å². The van der Waals surface area contributed by atoms with Gasteiger partial charge in [0.15, 0.2) is 5.95 Å². The van der Waals surface area contributed by atoms with Crippen LogP contribution >= 0.6 is 0 Å². The molecule has 1 rings (SSSR count). The summed E-state index contributed by atoms with van der Waals surface area (Å²) in [7, 11) is 0. The second kappa shape index (κ2) is 2.87. The van der Waals surface area contributed by atoms with E-state index in [9.17, 15) is 4.79 Å². The topological polar surface area (TPSA) is 92.0 Å². The third-order valence-electron chi connectivity index (χ3n) is 1.02. The minimum atomic E-state index is -1.00. The Balaban J connectivity index is 2.71. The number of nitrogen functional groups attached to an aromatic ring is 1. The molecule has 0 saturated carbocycles. The van der Waals surface area contributed by atoms with E-state index in [1.54, 1.807) is 0 Å². The van der Waals surface area contributed by atoms with Crippen LogP contribution in [0.1, 0.15) is 5.69 Å². The van der Waals surface area contributed by atoms with Crippen molar-refractivity contribution in [1.29, 1.82) is 0 Å². The zero-order chi connectivity index (χ0) is 8.27. The van der Waals surface area contributed by atoms with Crippen molar-refractivity contribution in [3.63, 3.8) is 0 Å². The minimum Gasteiger partial charge on any atom is -0.478 e. The maximum atomic E-state index is 10.0. The van der Waals surface area contributed by atoms with Gasteiger partial charge in [0.2, 0.25) is 0 Å². The number of aliphatic carboxylic acids is 1. The van der Waals surface area contributed by atoms with Gasteiger partial charge in [0.1, 0.15) is 0 Å². The summed E-state index contributed by atoms with van der Waals surface area (Å²) in [5.74, 6) is -0.729. The van der Waals surface area contributed by atoms with E-state index in [2.05, 4.69) is 9.97 Å². The summed E-state index contributed by atoms with van der Waals surface area (Å²) < 4.78 is 0. The molecule has 0 aromatic carbocycles. The SMILES string of the molecule is Nc1ncc(C=CC(=O)O)[nH]1. The Kier molecular flexibility index (Phi) is 1.91. The van der Waals surface area contributed by atoms with Gasteiger partial charge < -0.3 is 15.8 Å². The molecule has 1 heterocycles. The van der Waals surface area contributed by atoms with Crippen LogP contribution in [0.5, 0.6) is 0 Å². The lowest BCUT2D eigenvalue weighted by molar-refractivity contribution is -0.131. The first-order chi connectivity index (χ1) is 5.18. The average Bonchev–Trinajstić information content (AvgIpc) is 2.31. The summed E-state index contributed by atoms with van der Waals surface area (Å²) in [6.07, 6.45) is 3.84. The molecule has 0 bridgehead atoms. The summed E-state index contributed by atoms with van der Waals surface area (Å²) in [6.45, 7) is 0. The van der Waals surface area contributed by atoms with E-state index in [0.717, 1.165) is 6.08 Å². The van der Waals surface area contributed by atoms with Crippen molar-refractivity contribution in [1.82, 2.24) is 9.97 Å². The maximum Gasteiger partial charge on any atom is 0.328 e. The molecule has 0 radical (unpaired) electrons. The average molecular weight is 153 g/mol. The molecule has 0 aliphatic heterocycles. The molecule has 0 spiro atoms. The van der Waals surface area contributed by atoms with Crippen molar-refractivity contribution in [2.75, 3.05) is 5.73 Å². The molecule has 1 aromatic rings. The van der Waals surface area contributed by atoms with Crippen LogP contribution in [0.25, 0.3) is 6.08 Å². The fraction of sp³-hybridized carbons (Fsp3) is 0. The number of hydrogen-bond acceptors (Lipinski definition) is 3. The van der Waals surface area contributed by atoms with Crippen molar-refractivity contribution < 1.29 is 9.90 Å². The van der Waals surface area contributed by atoms with E-state index in [-0.39, 0.29) is 5.95 Å². The molecule has 0 unspecified atom stereocenters. The number of carbonyl (C=O) groups is 1. The number of nitrogens with one attached hydrogen (secondary N) is 1. The molecule has 0 saturated heterocycles. The van der Waals surface area contributed by atoms with Gasteiger partial charge in [-0.25, -0.2) is 9.78 Å². The Morgan fingerprint density at radius 3 is 3.00 bits per heavy atom. The van der Waals surface area contributed by atoms with Crippen LogP contribution in [0.4, 0.5) is 5.95 Å². The summed E-state index contributed by atoms with van der Waals surface area (Å²) in [5.41, 5.74) is 5.81. The number of nitrogens with zero attached hydrogens (tertiary/aromatic N) is 1.